The second-order valence-electron chi connectivity index (χ2n) is 12.2. The highest BCUT2D eigenvalue weighted by Gasteiger charge is 2.38. The van der Waals surface area contributed by atoms with Gasteiger partial charge in [-0.3, -0.25) is 28.8 Å². The van der Waals surface area contributed by atoms with Gasteiger partial charge < -0.3 is 48.5 Å². The number of phenols is 1. The van der Waals surface area contributed by atoms with Crippen molar-refractivity contribution in [2.45, 2.75) is 82.1 Å². The van der Waals surface area contributed by atoms with Gasteiger partial charge in [0.05, 0.1) is 12.6 Å². The van der Waals surface area contributed by atoms with E-state index in [-0.39, 0.29) is 31.6 Å². The second kappa shape index (κ2) is 19.1. The average molecular weight is 681 g/mol. The van der Waals surface area contributed by atoms with Gasteiger partial charge >= 0.3 is 0 Å². The molecule has 1 saturated heterocycles. The number of carbonyl (C=O) groups is 6. The molecule has 2 aromatic carbocycles. The Kier molecular flexibility index (Phi) is 15.0. The molecular weight excluding hydrogens is 632 g/mol. The Labute approximate surface area is 285 Å². The number of nitrogens with two attached hydrogens (primary N) is 3. The lowest BCUT2D eigenvalue weighted by Crippen LogP contribution is -2.57. The molecule has 2 aromatic rings. The van der Waals surface area contributed by atoms with E-state index < -0.39 is 72.2 Å². The van der Waals surface area contributed by atoms with E-state index >= 15 is 0 Å². The number of nitrogens with one attached hydrogen (secondary N) is 4. The van der Waals surface area contributed by atoms with Gasteiger partial charge in [-0.25, -0.2) is 0 Å². The SMILES string of the molecule is C[C@H](N)C(=O)N[C@@H](Cc1ccc(O)cc1)C(=O)N1CCC[C@H]1C(=O)NCC(=O)N[C@@H](CCCCN)C(=O)N[C@@H](Cc1ccccc1)C(N)=O. The minimum absolute atomic E-state index is 0.0481. The van der Waals surface area contributed by atoms with Crippen LogP contribution < -0.4 is 38.5 Å². The fraction of sp³-hybridized carbons (Fsp3) is 0.471. The van der Waals surface area contributed by atoms with Crippen molar-refractivity contribution >= 4 is 35.4 Å². The minimum atomic E-state index is -1.03. The lowest BCUT2D eigenvalue weighted by Gasteiger charge is -2.29. The zero-order valence-corrected chi connectivity index (χ0v) is 27.7. The maximum atomic E-state index is 13.7. The van der Waals surface area contributed by atoms with Crippen LogP contribution in [0.25, 0.3) is 0 Å². The second-order valence-corrected chi connectivity index (χ2v) is 12.2. The number of amides is 6. The van der Waals surface area contributed by atoms with Gasteiger partial charge in [-0.2, -0.15) is 0 Å². The van der Waals surface area contributed by atoms with Crippen LogP contribution in [0, 0.1) is 0 Å². The highest BCUT2D eigenvalue weighted by Crippen LogP contribution is 2.20. The van der Waals surface area contributed by atoms with E-state index in [0.717, 1.165) is 5.56 Å². The van der Waals surface area contributed by atoms with E-state index in [0.29, 0.717) is 37.8 Å². The number of benzene rings is 2. The molecule has 1 fully saturated rings. The van der Waals surface area contributed by atoms with Crippen molar-refractivity contribution in [1.82, 2.24) is 26.2 Å². The molecule has 266 valence electrons. The lowest BCUT2D eigenvalue weighted by molar-refractivity contribution is -0.141. The quantitative estimate of drug-likeness (QED) is 0.0870. The number of unbranched alkanes of at least 4 members (excludes halogenated alkanes) is 1. The first-order valence-electron chi connectivity index (χ1n) is 16.4. The predicted octanol–water partition coefficient (Wildman–Crippen LogP) is -1.30. The Morgan fingerprint density at radius 1 is 0.857 bits per heavy atom. The summed E-state index contributed by atoms with van der Waals surface area (Å²) in [5.41, 5.74) is 18.4. The van der Waals surface area contributed by atoms with Crippen LogP contribution in [0.5, 0.6) is 5.75 Å². The highest BCUT2D eigenvalue weighted by molar-refractivity contribution is 5.96. The number of aromatic hydroxyl groups is 1. The van der Waals surface area contributed by atoms with Crippen LogP contribution in [-0.2, 0) is 41.6 Å². The summed E-state index contributed by atoms with van der Waals surface area (Å²) in [5.74, 6) is -3.52. The van der Waals surface area contributed by atoms with E-state index in [1.165, 1.54) is 24.0 Å². The maximum absolute atomic E-state index is 13.7. The molecule has 5 atom stereocenters. The van der Waals surface area contributed by atoms with Crippen molar-refractivity contribution < 1.29 is 33.9 Å². The number of primary amides is 1. The first kappa shape index (κ1) is 38.4. The topological polar surface area (TPSA) is 252 Å². The molecule has 15 nitrogen and oxygen atoms in total. The summed E-state index contributed by atoms with van der Waals surface area (Å²) < 4.78 is 0. The normalized spacial score (nSPS) is 16.5. The lowest BCUT2D eigenvalue weighted by atomic mass is 10.0. The molecule has 0 unspecified atom stereocenters. The Morgan fingerprint density at radius 2 is 1.49 bits per heavy atom. The van der Waals surface area contributed by atoms with Crippen molar-refractivity contribution in [3.05, 3.63) is 65.7 Å². The van der Waals surface area contributed by atoms with Crippen LogP contribution in [0.15, 0.2) is 54.6 Å². The molecule has 0 saturated carbocycles. The first-order valence-corrected chi connectivity index (χ1v) is 16.4. The van der Waals surface area contributed by atoms with Crippen LogP contribution >= 0.6 is 0 Å². The molecule has 1 heterocycles. The number of carbonyl (C=O) groups excluding carboxylic acids is 6. The molecule has 11 N–H and O–H groups in total. The van der Waals surface area contributed by atoms with Crippen LogP contribution in [0.1, 0.15) is 50.2 Å². The van der Waals surface area contributed by atoms with Gasteiger partial charge in [0.1, 0.15) is 29.9 Å². The van der Waals surface area contributed by atoms with E-state index in [2.05, 4.69) is 21.3 Å². The zero-order chi connectivity index (χ0) is 35.9. The summed E-state index contributed by atoms with van der Waals surface area (Å²) in [5, 5.41) is 20.1. The molecule has 0 spiro atoms. The van der Waals surface area contributed by atoms with Gasteiger partial charge in [0.15, 0.2) is 0 Å². The standard InChI is InChI=1S/C34H48N8O7/c1-21(36)31(46)41-27(19-23-12-14-24(43)15-13-23)34(49)42-17-7-11-28(42)33(48)38-20-29(44)39-25(10-5-6-16-35)32(47)40-26(30(37)45)18-22-8-3-2-4-9-22/h2-4,8-9,12-15,21,25-28,43H,5-7,10-11,16-20,35-36H2,1H3,(H2,37,45)(H,38,48)(H,39,44)(H,40,47)(H,41,46)/t21-,25-,26-,27-,28-/m0/s1. The number of phenolic OH excluding ortho intramolecular Hbond substituents is 1. The third-order valence-corrected chi connectivity index (χ3v) is 8.21. The first-order chi connectivity index (χ1) is 23.4. The third kappa shape index (κ3) is 12.2. The van der Waals surface area contributed by atoms with Crippen molar-refractivity contribution in [3.8, 4) is 5.75 Å². The molecule has 0 radical (unpaired) electrons. The number of hydrogen-bond donors (Lipinski definition) is 8. The molecule has 1 aliphatic rings. The summed E-state index contributed by atoms with van der Waals surface area (Å²) in [6.07, 6.45) is 2.49. The highest BCUT2D eigenvalue weighted by atomic mass is 16.3. The van der Waals surface area contributed by atoms with Gasteiger partial charge in [0, 0.05) is 19.4 Å². The Hall–Kier alpha value is -5.02. The zero-order valence-electron chi connectivity index (χ0n) is 27.7. The maximum Gasteiger partial charge on any atom is 0.246 e. The van der Waals surface area contributed by atoms with Gasteiger partial charge in [0.2, 0.25) is 35.4 Å². The molecule has 6 amide bonds. The van der Waals surface area contributed by atoms with Gasteiger partial charge in [-0.15, -0.1) is 0 Å². The molecule has 0 aromatic heterocycles. The smallest absolute Gasteiger partial charge is 0.246 e. The summed E-state index contributed by atoms with van der Waals surface area (Å²) in [6, 6.07) is 10.4. The van der Waals surface area contributed by atoms with Crippen molar-refractivity contribution in [3.63, 3.8) is 0 Å². The molecule has 0 aliphatic carbocycles. The minimum Gasteiger partial charge on any atom is -0.508 e. The van der Waals surface area contributed by atoms with E-state index in [1.54, 1.807) is 36.4 Å². The molecule has 15 heteroatoms. The predicted molar refractivity (Wildman–Crippen MR) is 181 cm³/mol. The fourth-order valence-electron chi connectivity index (χ4n) is 5.51. The van der Waals surface area contributed by atoms with Gasteiger partial charge in [-0.05, 0) is 68.8 Å². The van der Waals surface area contributed by atoms with Crippen LogP contribution in [0.4, 0.5) is 0 Å². The van der Waals surface area contributed by atoms with Crippen LogP contribution in [-0.4, -0.2) is 95.3 Å². The molecule has 0 bridgehead atoms. The monoisotopic (exact) mass is 680 g/mol. The van der Waals surface area contributed by atoms with Crippen molar-refractivity contribution in [2.24, 2.45) is 17.2 Å². The summed E-state index contributed by atoms with van der Waals surface area (Å²) in [7, 11) is 0. The third-order valence-electron chi connectivity index (χ3n) is 8.21. The Bertz CT molecular complexity index is 1440. The van der Waals surface area contributed by atoms with Gasteiger partial charge in [0.25, 0.3) is 0 Å². The van der Waals surface area contributed by atoms with Crippen molar-refractivity contribution in [2.75, 3.05) is 19.6 Å². The fourth-order valence-corrected chi connectivity index (χ4v) is 5.51. The number of nitrogens with zero attached hydrogens (tertiary/aromatic N) is 1. The van der Waals surface area contributed by atoms with E-state index in [4.69, 9.17) is 17.2 Å². The van der Waals surface area contributed by atoms with Crippen molar-refractivity contribution in [1.29, 1.82) is 0 Å². The summed E-state index contributed by atoms with van der Waals surface area (Å²) >= 11 is 0. The average Bonchev–Trinajstić information content (AvgIpc) is 3.57. The molecule has 49 heavy (non-hydrogen) atoms. The Balaban J connectivity index is 1.63. The summed E-state index contributed by atoms with van der Waals surface area (Å²) in [6.45, 7) is 1.66. The number of likely N-dealkylation sites (tertiary alicyclic amines) is 1. The molecular formula is C34H48N8O7. The number of rotatable bonds is 18. The Morgan fingerprint density at radius 3 is 2.12 bits per heavy atom. The largest absolute Gasteiger partial charge is 0.508 e. The summed E-state index contributed by atoms with van der Waals surface area (Å²) in [4.78, 5) is 79.2. The van der Waals surface area contributed by atoms with E-state index in [1.807, 2.05) is 6.07 Å². The van der Waals surface area contributed by atoms with E-state index in [9.17, 15) is 33.9 Å². The van der Waals surface area contributed by atoms with Gasteiger partial charge in [-0.1, -0.05) is 42.5 Å². The molecule has 1 aliphatic heterocycles. The number of hydrogen-bond acceptors (Lipinski definition) is 9. The molecule has 3 rings (SSSR count). The van der Waals surface area contributed by atoms with Crippen LogP contribution in [0.3, 0.4) is 0 Å². The van der Waals surface area contributed by atoms with Crippen LogP contribution in [0.2, 0.25) is 0 Å².